The number of nitrogens with one attached hydrogen (secondary N) is 2. The van der Waals surface area contributed by atoms with Gasteiger partial charge in [-0.3, -0.25) is 4.79 Å². The number of carbonyl (C=O) groups is 1. The van der Waals surface area contributed by atoms with Crippen LogP contribution in [0.25, 0.3) is 0 Å². The zero-order chi connectivity index (χ0) is 14.2. The maximum atomic E-state index is 12.0. The zero-order valence-electron chi connectivity index (χ0n) is 11.6. The highest BCUT2D eigenvalue weighted by Gasteiger charge is 2.14. The molecule has 20 heavy (non-hydrogen) atoms. The van der Waals surface area contributed by atoms with Crippen LogP contribution in [0.2, 0.25) is 0 Å². The van der Waals surface area contributed by atoms with Gasteiger partial charge in [0.15, 0.2) is 11.5 Å². The molecule has 6 heteroatoms. The summed E-state index contributed by atoms with van der Waals surface area (Å²) >= 11 is 0. The maximum absolute atomic E-state index is 12.0. The topological polar surface area (TPSA) is 68.8 Å². The zero-order valence-corrected chi connectivity index (χ0v) is 11.6. The van der Waals surface area contributed by atoms with E-state index in [1.807, 2.05) is 0 Å². The third-order valence-electron chi connectivity index (χ3n) is 2.87. The minimum Gasteiger partial charge on any atom is -0.486 e. The van der Waals surface area contributed by atoms with Crippen molar-refractivity contribution in [2.24, 2.45) is 0 Å². The third-order valence-corrected chi connectivity index (χ3v) is 2.87. The molecule has 0 unspecified atom stereocenters. The lowest BCUT2D eigenvalue weighted by molar-refractivity contribution is 0.0952. The predicted molar refractivity (Wildman–Crippen MR) is 74.5 cm³/mol. The standard InChI is InChI=1S/C14H20N2O4/c1-18-7-6-15-4-5-16-14(17)11-2-3-12-13(10-11)20-9-8-19-12/h2-3,10,15H,4-9H2,1H3,(H,16,17). The molecule has 1 aromatic carbocycles. The number of ether oxygens (including phenoxy) is 3. The fourth-order valence-corrected chi connectivity index (χ4v) is 1.85. The average molecular weight is 280 g/mol. The van der Waals surface area contributed by atoms with Gasteiger partial charge in [0.25, 0.3) is 5.91 Å². The van der Waals surface area contributed by atoms with Crippen molar-refractivity contribution in [1.29, 1.82) is 0 Å². The van der Waals surface area contributed by atoms with E-state index < -0.39 is 0 Å². The van der Waals surface area contributed by atoms with Crippen molar-refractivity contribution in [1.82, 2.24) is 10.6 Å². The minimum absolute atomic E-state index is 0.115. The van der Waals surface area contributed by atoms with Crippen LogP contribution in [0.1, 0.15) is 10.4 Å². The summed E-state index contributed by atoms with van der Waals surface area (Å²) in [5.74, 6) is 1.20. The van der Waals surface area contributed by atoms with Crippen LogP contribution in [-0.4, -0.2) is 52.5 Å². The van der Waals surface area contributed by atoms with Crippen LogP contribution in [0.15, 0.2) is 18.2 Å². The SMILES string of the molecule is COCCNCCNC(=O)c1ccc2c(c1)OCCO2. The Morgan fingerprint density at radius 2 is 2.00 bits per heavy atom. The Bertz CT molecular complexity index is 451. The molecule has 110 valence electrons. The summed E-state index contributed by atoms with van der Waals surface area (Å²) in [4.78, 5) is 12.0. The number of amides is 1. The fraction of sp³-hybridized carbons (Fsp3) is 0.500. The smallest absolute Gasteiger partial charge is 0.251 e. The molecule has 0 saturated heterocycles. The van der Waals surface area contributed by atoms with Gasteiger partial charge in [-0.15, -0.1) is 0 Å². The van der Waals surface area contributed by atoms with Crippen molar-refractivity contribution in [3.8, 4) is 11.5 Å². The van der Waals surface area contributed by atoms with Crippen LogP contribution < -0.4 is 20.1 Å². The summed E-state index contributed by atoms with van der Waals surface area (Å²) in [6, 6.07) is 5.21. The maximum Gasteiger partial charge on any atom is 0.251 e. The van der Waals surface area contributed by atoms with Gasteiger partial charge in [-0.2, -0.15) is 0 Å². The van der Waals surface area contributed by atoms with Crippen LogP contribution in [-0.2, 0) is 4.74 Å². The van der Waals surface area contributed by atoms with Crippen LogP contribution in [0.4, 0.5) is 0 Å². The van der Waals surface area contributed by atoms with Gasteiger partial charge >= 0.3 is 0 Å². The summed E-state index contributed by atoms with van der Waals surface area (Å²) in [5.41, 5.74) is 0.575. The molecule has 0 aliphatic carbocycles. The van der Waals surface area contributed by atoms with Crippen molar-refractivity contribution in [3.63, 3.8) is 0 Å². The van der Waals surface area contributed by atoms with E-state index in [1.54, 1.807) is 25.3 Å². The summed E-state index contributed by atoms with van der Waals surface area (Å²) in [6.45, 7) is 3.77. The number of benzene rings is 1. The van der Waals surface area contributed by atoms with Crippen molar-refractivity contribution in [2.45, 2.75) is 0 Å². The monoisotopic (exact) mass is 280 g/mol. The minimum atomic E-state index is -0.115. The van der Waals surface area contributed by atoms with E-state index in [2.05, 4.69) is 10.6 Å². The molecular weight excluding hydrogens is 260 g/mol. The first-order valence-corrected chi connectivity index (χ1v) is 6.69. The van der Waals surface area contributed by atoms with Gasteiger partial charge < -0.3 is 24.8 Å². The molecule has 1 heterocycles. The van der Waals surface area contributed by atoms with Crippen LogP contribution in [0, 0.1) is 0 Å². The molecule has 0 fully saturated rings. The Hall–Kier alpha value is -1.79. The normalized spacial score (nSPS) is 13.1. The van der Waals surface area contributed by atoms with Crippen molar-refractivity contribution >= 4 is 5.91 Å². The lowest BCUT2D eigenvalue weighted by Gasteiger charge is -2.18. The van der Waals surface area contributed by atoms with E-state index in [0.717, 1.165) is 6.54 Å². The molecule has 2 rings (SSSR count). The molecule has 0 aromatic heterocycles. The summed E-state index contributed by atoms with van der Waals surface area (Å²) in [6.07, 6.45) is 0. The molecule has 0 bridgehead atoms. The number of fused-ring (bicyclic) bond motifs is 1. The van der Waals surface area contributed by atoms with Crippen LogP contribution in [0.5, 0.6) is 11.5 Å². The molecule has 0 atom stereocenters. The second-order valence-corrected chi connectivity index (χ2v) is 4.36. The fourth-order valence-electron chi connectivity index (χ4n) is 1.85. The lowest BCUT2D eigenvalue weighted by Crippen LogP contribution is -2.33. The largest absolute Gasteiger partial charge is 0.486 e. The number of methoxy groups -OCH3 is 1. The van der Waals surface area contributed by atoms with Gasteiger partial charge in [0, 0.05) is 32.3 Å². The second kappa shape index (κ2) is 7.72. The molecular formula is C14H20N2O4. The van der Waals surface area contributed by atoms with Gasteiger partial charge in [0.1, 0.15) is 13.2 Å². The van der Waals surface area contributed by atoms with Crippen molar-refractivity contribution < 1.29 is 19.0 Å². The molecule has 1 aliphatic rings. The third kappa shape index (κ3) is 4.11. The summed E-state index contributed by atoms with van der Waals surface area (Å²) in [5, 5.41) is 6.00. The predicted octanol–water partition coefficient (Wildman–Crippen LogP) is 0.424. The molecule has 1 aliphatic heterocycles. The molecule has 6 nitrogen and oxygen atoms in total. The summed E-state index contributed by atoms with van der Waals surface area (Å²) in [7, 11) is 1.66. The molecule has 0 saturated carbocycles. The average Bonchev–Trinajstić information content (AvgIpc) is 2.50. The van der Waals surface area contributed by atoms with E-state index >= 15 is 0 Å². The quantitative estimate of drug-likeness (QED) is 0.709. The molecule has 2 N–H and O–H groups in total. The Morgan fingerprint density at radius 3 is 2.80 bits per heavy atom. The number of rotatable bonds is 7. The highest BCUT2D eigenvalue weighted by atomic mass is 16.6. The van der Waals surface area contributed by atoms with Crippen LogP contribution >= 0.6 is 0 Å². The first-order chi connectivity index (χ1) is 9.81. The first kappa shape index (κ1) is 14.6. The second-order valence-electron chi connectivity index (χ2n) is 4.36. The Morgan fingerprint density at radius 1 is 1.20 bits per heavy atom. The van der Waals surface area contributed by atoms with E-state index in [0.29, 0.717) is 50.0 Å². The molecule has 1 aromatic rings. The van der Waals surface area contributed by atoms with Gasteiger partial charge in [-0.1, -0.05) is 0 Å². The molecule has 1 amide bonds. The molecule has 0 spiro atoms. The number of hydrogen-bond donors (Lipinski definition) is 2. The Kier molecular flexibility index (Phi) is 5.64. The Labute approximate surface area is 118 Å². The lowest BCUT2D eigenvalue weighted by atomic mass is 10.2. The van der Waals surface area contributed by atoms with Crippen LogP contribution in [0.3, 0.4) is 0 Å². The highest BCUT2D eigenvalue weighted by Crippen LogP contribution is 2.30. The summed E-state index contributed by atoms with van der Waals surface area (Å²) < 4.78 is 15.8. The number of hydrogen-bond acceptors (Lipinski definition) is 5. The molecule has 0 radical (unpaired) electrons. The van der Waals surface area contributed by atoms with E-state index in [4.69, 9.17) is 14.2 Å². The van der Waals surface area contributed by atoms with Crippen molar-refractivity contribution in [3.05, 3.63) is 23.8 Å². The first-order valence-electron chi connectivity index (χ1n) is 6.69. The van der Waals surface area contributed by atoms with Gasteiger partial charge in [-0.25, -0.2) is 0 Å². The Balaban J connectivity index is 1.77. The number of carbonyl (C=O) groups excluding carboxylic acids is 1. The van der Waals surface area contributed by atoms with Gasteiger partial charge in [-0.05, 0) is 18.2 Å². The van der Waals surface area contributed by atoms with E-state index in [1.165, 1.54) is 0 Å². The van der Waals surface area contributed by atoms with E-state index in [9.17, 15) is 4.79 Å². The van der Waals surface area contributed by atoms with E-state index in [-0.39, 0.29) is 5.91 Å². The van der Waals surface area contributed by atoms with Crippen molar-refractivity contribution in [2.75, 3.05) is 46.6 Å². The highest BCUT2D eigenvalue weighted by molar-refractivity contribution is 5.94. The van der Waals surface area contributed by atoms with Gasteiger partial charge in [0.05, 0.1) is 6.61 Å². The van der Waals surface area contributed by atoms with Gasteiger partial charge in [0.2, 0.25) is 0 Å².